The zero-order valence-corrected chi connectivity index (χ0v) is 14.6. The van der Waals surface area contributed by atoms with E-state index < -0.39 is 6.10 Å². The van der Waals surface area contributed by atoms with Crippen LogP contribution in [0.5, 0.6) is 11.5 Å². The smallest absolute Gasteiger partial charge is 0.262 e. The van der Waals surface area contributed by atoms with Crippen molar-refractivity contribution >= 4 is 5.91 Å². The van der Waals surface area contributed by atoms with Gasteiger partial charge in [0.15, 0.2) is 17.6 Å². The van der Waals surface area contributed by atoms with Gasteiger partial charge in [-0.1, -0.05) is 6.07 Å². The van der Waals surface area contributed by atoms with E-state index in [-0.39, 0.29) is 5.91 Å². The number of carbonyl (C=O) groups excluding carboxylic acids is 1. The van der Waals surface area contributed by atoms with Gasteiger partial charge in [0.2, 0.25) is 0 Å². The molecule has 0 aromatic heterocycles. The third-order valence-corrected chi connectivity index (χ3v) is 3.86. The summed E-state index contributed by atoms with van der Waals surface area (Å²) in [4.78, 5) is 13.5. The summed E-state index contributed by atoms with van der Waals surface area (Å²) < 4.78 is 11.5. The molecule has 5 heteroatoms. The average molecular weight is 320 g/mol. The van der Waals surface area contributed by atoms with Crippen molar-refractivity contribution in [1.29, 1.82) is 0 Å². The molecule has 1 aromatic carbocycles. The number of hydrogen-bond donors (Lipinski definition) is 1. The van der Waals surface area contributed by atoms with Gasteiger partial charge < -0.3 is 19.7 Å². The van der Waals surface area contributed by atoms with Gasteiger partial charge >= 0.3 is 0 Å². The topological polar surface area (TPSA) is 50.8 Å². The van der Waals surface area contributed by atoms with E-state index >= 15 is 0 Å². The Kier molecular flexibility index (Phi) is 6.28. The maximum absolute atomic E-state index is 11.9. The van der Waals surface area contributed by atoms with Crippen molar-refractivity contribution in [1.82, 2.24) is 10.2 Å². The monoisotopic (exact) mass is 320 g/mol. The summed E-state index contributed by atoms with van der Waals surface area (Å²) in [6.45, 7) is 6.16. The molecule has 1 amide bonds. The normalized spacial score (nSPS) is 15.1. The van der Waals surface area contributed by atoms with Gasteiger partial charge in [-0.25, -0.2) is 0 Å². The second-order valence-electron chi connectivity index (χ2n) is 6.28. The number of ether oxygens (including phenoxy) is 2. The third kappa shape index (κ3) is 5.43. The summed E-state index contributed by atoms with van der Waals surface area (Å²) >= 11 is 0. The van der Waals surface area contributed by atoms with Crippen molar-refractivity contribution in [2.75, 3.05) is 27.2 Å². The fourth-order valence-corrected chi connectivity index (χ4v) is 2.38. The highest BCUT2D eigenvalue weighted by atomic mass is 16.5. The molecule has 1 unspecified atom stereocenters. The molecule has 1 saturated carbocycles. The van der Waals surface area contributed by atoms with Crippen molar-refractivity contribution in [3.63, 3.8) is 0 Å². The Hall–Kier alpha value is -1.75. The van der Waals surface area contributed by atoms with Crippen molar-refractivity contribution in [2.24, 2.45) is 5.92 Å². The zero-order chi connectivity index (χ0) is 16.8. The van der Waals surface area contributed by atoms with Crippen LogP contribution in [0.25, 0.3) is 0 Å². The minimum absolute atomic E-state index is 0.0670. The fourth-order valence-electron chi connectivity index (χ4n) is 2.38. The first-order chi connectivity index (χ1) is 11.0. The van der Waals surface area contributed by atoms with Crippen LogP contribution < -0.4 is 14.8 Å². The minimum Gasteiger partial charge on any atom is -0.490 e. The van der Waals surface area contributed by atoms with E-state index in [1.165, 1.54) is 17.7 Å². The molecule has 23 heavy (non-hydrogen) atoms. The Labute approximate surface area is 139 Å². The van der Waals surface area contributed by atoms with Gasteiger partial charge in [-0.3, -0.25) is 4.79 Å². The molecule has 1 atom stereocenters. The molecule has 2 rings (SSSR count). The summed E-state index contributed by atoms with van der Waals surface area (Å²) in [6.07, 6.45) is 2.16. The predicted molar refractivity (Wildman–Crippen MR) is 90.8 cm³/mol. The maximum Gasteiger partial charge on any atom is 0.262 e. The Bertz CT molecular complexity index is 527. The number of rotatable bonds is 9. The number of amides is 1. The molecule has 0 radical (unpaired) electrons. The number of benzene rings is 1. The minimum atomic E-state index is -0.539. The number of carbonyl (C=O) groups is 1. The molecule has 0 heterocycles. The molecule has 1 fully saturated rings. The number of nitrogens with zero attached hydrogens (tertiary/aromatic N) is 1. The van der Waals surface area contributed by atoms with Gasteiger partial charge in [0.25, 0.3) is 5.91 Å². The highest BCUT2D eigenvalue weighted by Crippen LogP contribution is 2.30. The van der Waals surface area contributed by atoms with E-state index in [2.05, 4.69) is 5.32 Å². The van der Waals surface area contributed by atoms with Crippen LogP contribution in [0.3, 0.4) is 0 Å². The first-order valence-electron chi connectivity index (χ1n) is 8.35. The van der Waals surface area contributed by atoms with E-state index in [0.717, 1.165) is 24.6 Å². The lowest BCUT2D eigenvalue weighted by Crippen LogP contribution is -2.35. The Morgan fingerprint density at radius 1 is 1.35 bits per heavy atom. The zero-order valence-electron chi connectivity index (χ0n) is 14.6. The quantitative estimate of drug-likeness (QED) is 0.759. The SMILES string of the molecule is CCOc1cc(CNCC2CC2)ccc1OC(C)C(=O)N(C)C. The largest absolute Gasteiger partial charge is 0.490 e. The summed E-state index contributed by atoms with van der Waals surface area (Å²) in [7, 11) is 3.45. The van der Waals surface area contributed by atoms with Crippen molar-refractivity contribution in [3.05, 3.63) is 23.8 Å². The van der Waals surface area contributed by atoms with Crippen LogP contribution in [0.4, 0.5) is 0 Å². The fraction of sp³-hybridized carbons (Fsp3) is 0.611. The molecule has 0 bridgehead atoms. The van der Waals surface area contributed by atoms with Gasteiger partial charge in [-0.2, -0.15) is 0 Å². The lowest BCUT2D eigenvalue weighted by Gasteiger charge is -2.20. The molecule has 128 valence electrons. The van der Waals surface area contributed by atoms with Gasteiger partial charge in [-0.15, -0.1) is 0 Å². The molecule has 1 aliphatic rings. The molecule has 1 aliphatic carbocycles. The van der Waals surface area contributed by atoms with Gasteiger partial charge in [0.1, 0.15) is 0 Å². The predicted octanol–water partition coefficient (Wildman–Crippen LogP) is 2.44. The highest BCUT2D eigenvalue weighted by molar-refractivity contribution is 5.80. The van der Waals surface area contributed by atoms with Crippen LogP contribution in [-0.4, -0.2) is 44.2 Å². The highest BCUT2D eigenvalue weighted by Gasteiger charge is 2.21. The number of nitrogens with one attached hydrogen (secondary N) is 1. The summed E-state index contributed by atoms with van der Waals surface area (Å²) in [5.41, 5.74) is 1.16. The van der Waals surface area contributed by atoms with E-state index in [4.69, 9.17) is 9.47 Å². The van der Waals surface area contributed by atoms with Crippen LogP contribution in [-0.2, 0) is 11.3 Å². The second-order valence-corrected chi connectivity index (χ2v) is 6.28. The lowest BCUT2D eigenvalue weighted by atomic mass is 10.2. The van der Waals surface area contributed by atoms with Crippen LogP contribution in [0, 0.1) is 5.92 Å². The third-order valence-electron chi connectivity index (χ3n) is 3.86. The summed E-state index contributed by atoms with van der Waals surface area (Å²) in [5, 5.41) is 3.47. The molecule has 1 N–H and O–H groups in total. The first-order valence-corrected chi connectivity index (χ1v) is 8.35. The van der Waals surface area contributed by atoms with Crippen molar-refractivity contribution in [3.8, 4) is 11.5 Å². The van der Waals surface area contributed by atoms with Crippen molar-refractivity contribution in [2.45, 2.75) is 39.3 Å². The number of likely N-dealkylation sites (N-methyl/N-ethyl adjacent to an activating group) is 1. The van der Waals surface area contributed by atoms with Gasteiger partial charge in [0, 0.05) is 20.6 Å². The second kappa shape index (κ2) is 8.20. The van der Waals surface area contributed by atoms with E-state index in [9.17, 15) is 4.79 Å². The van der Waals surface area contributed by atoms with Crippen LogP contribution in [0.15, 0.2) is 18.2 Å². The van der Waals surface area contributed by atoms with E-state index in [1.54, 1.807) is 21.0 Å². The van der Waals surface area contributed by atoms with Crippen LogP contribution >= 0.6 is 0 Å². The first kappa shape index (κ1) is 17.6. The maximum atomic E-state index is 11.9. The van der Waals surface area contributed by atoms with Crippen molar-refractivity contribution < 1.29 is 14.3 Å². The van der Waals surface area contributed by atoms with E-state index in [0.29, 0.717) is 18.1 Å². The Morgan fingerprint density at radius 2 is 2.09 bits per heavy atom. The van der Waals surface area contributed by atoms with Crippen LogP contribution in [0.1, 0.15) is 32.3 Å². The summed E-state index contributed by atoms with van der Waals surface area (Å²) in [6, 6.07) is 5.90. The number of hydrogen-bond acceptors (Lipinski definition) is 4. The Morgan fingerprint density at radius 3 is 2.70 bits per heavy atom. The van der Waals surface area contributed by atoms with Gasteiger partial charge in [-0.05, 0) is 56.8 Å². The average Bonchev–Trinajstić information content (AvgIpc) is 3.33. The molecule has 1 aromatic rings. The van der Waals surface area contributed by atoms with Crippen LogP contribution in [0.2, 0.25) is 0 Å². The Balaban J connectivity index is 2.00. The summed E-state index contributed by atoms with van der Waals surface area (Å²) in [5.74, 6) is 2.10. The standard InChI is InChI=1S/C18H28N2O3/c1-5-22-17-10-15(12-19-11-14-6-7-14)8-9-16(17)23-13(2)18(21)20(3)4/h8-10,13-14,19H,5-7,11-12H2,1-4H3. The lowest BCUT2D eigenvalue weighted by molar-refractivity contribution is -0.135. The molecular formula is C18H28N2O3. The van der Waals surface area contributed by atoms with E-state index in [1.807, 2.05) is 25.1 Å². The molecule has 0 aliphatic heterocycles. The molecule has 0 saturated heterocycles. The van der Waals surface area contributed by atoms with Gasteiger partial charge in [0.05, 0.1) is 6.61 Å². The molecule has 0 spiro atoms. The molecular weight excluding hydrogens is 292 g/mol. The molecule has 5 nitrogen and oxygen atoms in total.